The third-order valence-corrected chi connectivity index (χ3v) is 4.18. The van der Waals surface area contributed by atoms with Crippen LogP contribution in [-0.4, -0.2) is 36.7 Å². The molecule has 0 spiro atoms. The number of hydrogen-bond donors (Lipinski definition) is 0. The summed E-state index contributed by atoms with van der Waals surface area (Å²) in [6.07, 6.45) is 5.63. The van der Waals surface area contributed by atoms with Gasteiger partial charge in [-0.25, -0.2) is 0 Å². The molecule has 0 aliphatic carbocycles. The van der Waals surface area contributed by atoms with Gasteiger partial charge in [-0.15, -0.1) is 0 Å². The molecule has 3 heterocycles. The third kappa shape index (κ3) is 3.64. The molecular formula is C19H20N6O. The van der Waals surface area contributed by atoms with E-state index in [4.69, 9.17) is 5.26 Å². The van der Waals surface area contributed by atoms with Gasteiger partial charge in [0.15, 0.2) is 0 Å². The number of carbonyl (C=O) groups is 1. The topological polar surface area (TPSA) is 79.7 Å². The molecule has 7 heteroatoms. The molecule has 0 N–H and O–H groups in total. The number of aromatic nitrogens is 4. The molecule has 3 rings (SSSR count). The van der Waals surface area contributed by atoms with Gasteiger partial charge in [-0.05, 0) is 29.8 Å². The maximum Gasteiger partial charge on any atom is 0.272 e. The van der Waals surface area contributed by atoms with Gasteiger partial charge in [0, 0.05) is 45.8 Å². The lowest BCUT2D eigenvalue weighted by Gasteiger charge is -2.21. The monoisotopic (exact) mass is 348 g/mol. The highest BCUT2D eigenvalue weighted by Crippen LogP contribution is 2.20. The fraction of sp³-hybridized carbons (Fsp3) is 0.263. The van der Waals surface area contributed by atoms with Crippen LogP contribution in [0.25, 0.3) is 11.4 Å². The van der Waals surface area contributed by atoms with E-state index >= 15 is 0 Å². The predicted octanol–water partition coefficient (Wildman–Crippen LogP) is 2.38. The fourth-order valence-electron chi connectivity index (χ4n) is 2.83. The first kappa shape index (κ1) is 17.4. The summed E-state index contributed by atoms with van der Waals surface area (Å²) >= 11 is 0. The van der Waals surface area contributed by atoms with Crippen molar-refractivity contribution >= 4 is 5.91 Å². The van der Waals surface area contributed by atoms with Crippen molar-refractivity contribution in [3.05, 3.63) is 60.2 Å². The number of amides is 1. The van der Waals surface area contributed by atoms with Crippen LogP contribution in [0.15, 0.2) is 48.9 Å². The first-order valence-corrected chi connectivity index (χ1v) is 8.31. The molecule has 0 unspecified atom stereocenters. The van der Waals surface area contributed by atoms with E-state index in [0.29, 0.717) is 18.8 Å². The second kappa shape index (κ2) is 7.66. The van der Waals surface area contributed by atoms with Crippen molar-refractivity contribution in [1.82, 2.24) is 24.2 Å². The van der Waals surface area contributed by atoms with Gasteiger partial charge in [-0.2, -0.15) is 10.4 Å². The zero-order valence-corrected chi connectivity index (χ0v) is 14.8. The summed E-state index contributed by atoms with van der Waals surface area (Å²) in [5, 5.41) is 13.4. The molecule has 0 saturated heterocycles. The molecule has 0 aromatic carbocycles. The minimum Gasteiger partial charge on any atom is -0.349 e. The molecule has 3 aromatic heterocycles. The maximum atomic E-state index is 13.1. The number of rotatable bonds is 6. The van der Waals surface area contributed by atoms with Crippen molar-refractivity contribution in [1.29, 1.82) is 5.26 Å². The summed E-state index contributed by atoms with van der Waals surface area (Å²) < 4.78 is 3.55. The van der Waals surface area contributed by atoms with Crippen LogP contribution in [0, 0.1) is 11.3 Å². The predicted molar refractivity (Wildman–Crippen MR) is 96.8 cm³/mol. The summed E-state index contributed by atoms with van der Waals surface area (Å²) in [5.41, 5.74) is 3.09. The summed E-state index contributed by atoms with van der Waals surface area (Å²) in [6, 6.07) is 11.5. The Morgan fingerprint density at radius 1 is 1.31 bits per heavy atom. The van der Waals surface area contributed by atoms with E-state index in [2.05, 4.69) is 16.2 Å². The van der Waals surface area contributed by atoms with Crippen LogP contribution in [0.3, 0.4) is 0 Å². The largest absolute Gasteiger partial charge is 0.349 e. The normalized spacial score (nSPS) is 10.5. The Labute approximate surface area is 152 Å². The summed E-state index contributed by atoms with van der Waals surface area (Å²) in [4.78, 5) is 18.8. The van der Waals surface area contributed by atoms with Gasteiger partial charge in [-0.3, -0.25) is 14.5 Å². The Morgan fingerprint density at radius 2 is 2.15 bits per heavy atom. The van der Waals surface area contributed by atoms with E-state index < -0.39 is 0 Å². The lowest BCUT2D eigenvalue weighted by atomic mass is 10.2. The fourth-order valence-corrected chi connectivity index (χ4v) is 2.83. The Balaban J connectivity index is 1.88. The highest BCUT2D eigenvalue weighted by molar-refractivity contribution is 5.93. The van der Waals surface area contributed by atoms with Gasteiger partial charge in [0.05, 0.1) is 18.2 Å². The molecule has 0 bridgehead atoms. The number of hydrogen-bond acceptors (Lipinski definition) is 4. The van der Waals surface area contributed by atoms with Crippen molar-refractivity contribution in [2.45, 2.75) is 13.0 Å². The van der Waals surface area contributed by atoms with Crippen LogP contribution in [0.2, 0.25) is 0 Å². The highest BCUT2D eigenvalue weighted by atomic mass is 16.2. The minimum absolute atomic E-state index is 0.153. The van der Waals surface area contributed by atoms with Crippen LogP contribution in [-0.2, 0) is 20.6 Å². The molecule has 0 saturated carbocycles. The Hall–Kier alpha value is -3.40. The molecule has 3 aromatic rings. The van der Waals surface area contributed by atoms with Crippen LogP contribution in [0.1, 0.15) is 22.5 Å². The van der Waals surface area contributed by atoms with Crippen molar-refractivity contribution in [2.75, 3.05) is 6.54 Å². The van der Waals surface area contributed by atoms with Gasteiger partial charge in [0.25, 0.3) is 5.91 Å². The number of nitriles is 1. The smallest absolute Gasteiger partial charge is 0.272 e. The van der Waals surface area contributed by atoms with Gasteiger partial charge in [0.2, 0.25) is 0 Å². The van der Waals surface area contributed by atoms with Crippen molar-refractivity contribution in [3.63, 3.8) is 0 Å². The van der Waals surface area contributed by atoms with Crippen LogP contribution < -0.4 is 0 Å². The summed E-state index contributed by atoms with van der Waals surface area (Å²) in [6.45, 7) is 0.758. The average Bonchev–Trinajstić information content (AvgIpc) is 3.24. The lowest BCUT2D eigenvalue weighted by Crippen LogP contribution is -2.32. The van der Waals surface area contributed by atoms with Crippen molar-refractivity contribution in [2.24, 2.45) is 14.1 Å². The molecule has 0 atom stereocenters. The lowest BCUT2D eigenvalue weighted by molar-refractivity contribution is 0.0735. The van der Waals surface area contributed by atoms with E-state index in [1.165, 1.54) is 0 Å². The molecule has 132 valence electrons. The second-order valence-corrected chi connectivity index (χ2v) is 6.04. The van der Waals surface area contributed by atoms with E-state index in [-0.39, 0.29) is 12.3 Å². The quantitative estimate of drug-likeness (QED) is 0.685. The molecule has 1 amide bonds. The van der Waals surface area contributed by atoms with Crippen LogP contribution in [0.5, 0.6) is 0 Å². The second-order valence-electron chi connectivity index (χ2n) is 6.04. The Kier molecular flexibility index (Phi) is 5.13. The first-order chi connectivity index (χ1) is 12.6. The van der Waals surface area contributed by atoms with E-state index in [1.807, 2.05) is 42.1 Å². The molecular weight excluding hydrogens is 328 g/mol. The number of nitrogens with zero attached hydrogens (tertiary/aromatic N) is 6. The van der Waals surface area contributed by atoms with Gasteiger partial charge < -0.3 is 9.47 Å². The molecule has 0 fully saturated rings. The van der Waals surface area contributed by atoms with Crippen molar-refractivity contribution in [3.8, 4) is 17.5 Å². The minimum atomic E-state index is -0.153. The average molecular weight is 348 g/mol. The number of pyridine rings is 1. The molecule has 0 radical (unpaired) electrons. The van der Waals surface area contributed by atoms with E-state index in [9.17, 15) is 4.79 Å². The molecule has 7 nitrogen and oxygen atoms in total. The molecule has 26 heavy (non-hydrogen) atoms. The summed E-state index contributed by atoms with van der Waals surface area (Å²) in [5.74, 6) is -0.153. The van der Waals surface area contributed by atoms with Gasteiger partial charge >= 0.3 is 0 Å². The standard InChI is InChI=1S/C19H20N6O/c1-23-10-4-7-17(23)16-12-18(24(2)22-16)19(26)25(11-5-8-20)14-15-6-3-9-21-13-15/h3-4,6-7,9-10,12-13H,5,11,14H2,1-2H3. The van der Waals surface area contributed by atoms with Gasteiger partial charge in [-0.1, -0.05) is 6.07 Å². The van der Waals surface area contributed by atoms with Crippen LogP contribution >= 0.6 is 0 Å². The summed E-state index contributed by atoms with van der Waals surface area (Å²) in [7, 11) is 3.69. The Bertz CT molecular complexity index is 935. The maximum absolute atomic E-state index is 13.1. The SMILES string of the molecule is Cn1cccc1-c1cc(C(=O)N(CCC#N)Cc2cccnc2)n(C)n1. The number of aryl methyl sites for hydroxylation is 2. The molecule has 0 aliphatic heterocycles. The molecule has 0 aliphatic rings. The van der Waals surface area contributed by atoms with E-state index in [1.54, 1.807) is 35.1 Å². The third-order valence-electron chi connectivity index (χ3n) is 4.18. The highest BCUT2D eigenvalue weighted by Gasteiger charge is 2.21. The van der Waals surface area contributed by atoms with Crippen molar-refractivity contribution < 1.29 is 4.79 Å². The zero-order valence-electron chi connectivity index (χ0n) is 14.8. The van der Waals surface area contributed by atoms with Crippen LogP contribution in [0.4, 0.5) is 0 Å². The zero-order chi connectivity index (χ0) is 18.5. The Morgan fingerprint density at radius 3 is 2.81 bits per heavy atom. The van der Waals surface area contributed by atoms with Gasteiger partial charge in [0.1, 0.15) is 11.4 Å². The van der Waals surface area contributed by atoms with E-state index in [0.717, 1.165) is 17.0 Å². The number of carbonyl (C=O) groups excluding carboxylic acids is 1. The first-order valence-electron chi connectivity index (χ1n) is 8.31.